The minimum Gasteiger partial charge on any atom is -0.464 e. The van der Waals surface area contributed by atoms with Crippen LogP contribution < -0.4 is 4.72 Å². The van der Waals surface area contributed by atoms with E-state index in [0.717, 1.165) is 11.5 Å². The minimum absolute atomic E-state index is 0.0398. The molecular formula is C31H22ClF3N2O4S2. The highest BCUT2D eigenvalue weighted by atomic mass is 35.5. The van der Waals surface area contributed by atoms with Gasteiger partial charge in [0.2, 0.25) is 10.0 Å². The zero-order valence-electron chi connectivity index (χ0n) is 22.3. The molecule has 0 saturated heterocycles. The lowest BCUT2D eigenvalue weighted by atomic mass is 9.94. The first-order valence-electron chi connectivity index (χ1n) is 12.9. The highest BCUT2D eigenvalue weighted by Gasteiger charge is 2.51. The van der Waals surface area contributed by atoms with Crippen LogP contribution in [0, 0.1) is 0 Å². The lowest BCUT2D eigenvalue weighted by Crippen LogP contribution is -2.39. The predicted octanol–water partition coefficient (Wildman–Crippen LogP) is 8.20. The number of hydrogen-bond donors (Lipinski definition) is 2. The van der Waals surface area contributed by atoms with Gasteiger partial charge >= 0.3 is 6.18 Å². The van der Waals surface area contributed by atoms with Crippen LogP contribution >= 0.6 is 22.9 Å². The molecule has 0 fully saturated rings. The normalized spacial score (nSPS) is 14.7. The molecule has 0 amide bonds. The molecule has 0 bridgehead atoms. The second kappa shape index (κ2) is 10.8. The van der Waals surface area contributed by atoms with Crippen molar-refractivity contribution >= 4 is 54.0 Å². The number of furan rings is 1. The highest BCUT2D eigenvalue weighted by Crippen LogP contribution is 2.42. The molecule has 0 unspecified atom stereocenters. The Morgan fingerprint density at radius 1 is 0.977 bits per heavy atom. The first kappa shape index (κ1) is 29.3. The SMILES string of the molecule is C[C@](O)(c1ccnc(-c2cccc3cc([C@H](NS(=O)(=O)c4ccc5occc5c4)c4ccccc4Cl)sc23)c1)C(F)(F)F. The van der Waals surface area contributed by atoms with Crippen molar-refractivity contribution in [3.05, 3.63) is 118 Å². The molecule has 0 radical (unpaired) electrons. The van der Waals surface area contributed by atoms with E-state index in [4.69, 9.17) is 16.0 Å². The number of nitrogens with zero attached hydrogens (tertiary/aromatic N) is 1. The number of nitrogens with one attached hydrogen (secondary N) is 1. The Labute approximate surface area is 253 Å². The smallest absolute Gasteiger partial charge is 0.421 e. The van der Waals surface area contributed by atoms with Gasteiger partial charge in [-0.15, -0.1) is 11.3 Å². The van der Waals surface area contributed by atoms with E-state index in [1.54, 1.807) is 48.5 Å². The van der Waals surface area contributed by atoms with Crippen LogP contribution in [0.5, 0.6) is 0 Å². The Morgan fingerprint density at radius 2 is 1.77 bits per heavy atom. The molecule has 220 valence electrons. The number of halogens is 4. The Morgan fingerprint density at radius 3 is 2.53 bits per heavy atom. The Balaban J connectivity index is 1.46. The number of aliphatic hydroxyl groups is 1. The third-order valence-corrected chi connectivity index (χ3v) is 10.2. The van der Waals surface area contributed by atoms with Gasteiger partial charge in [0, 0.05) is 31.7 Å². The molecule has 3 heterocycles. The van der Waals surface area contributed by atoms with E-state index in [-0.39, 0.29) is 16.2 Å². The molecule has 0 aliphatic carbocycles. The van der Waals surface area contributed by atoms with Crippen LogP contribution in [0.4, 0.5) is 13.2 Å². The molecule has 43 heavy (non-hydrogen) atoms. The van der Waals surface area contributed by atoms with E-state index in [2.05, 4.69) is 9.71 Å². The summed E-state index contributed by atoms with van der Waals surface area (Å²) in [7, 11) is -4.07. The molecule has 6 nitrogen and oxygen atoms in total. The van der Waals surface area contributed by atoms with Crippen LogP contribution in [0.1, 0.15) is 29.0 Å². The van der Waals surface area contributed by atoms with Gasteiger partial charge in [0.25, 0.3) is 0 Å². The van der Waals surface area contributed by atoms with Crippen LogP contribution in [0.2, 0.25) is 5.02 Å². The van der Waals surface area contributed by atoms with Crippen molar-refractivity contribution in [3.63, 3.8) is 0 Å². The fourth-order valence-electron chi connectivity index (χ4n) is 4.79. The van der Waals surface area contributed by atoms with Crippen molar-refractivity contribution in [3.8, 4) is 11.3 Å². The molecule has 0 saturated carbocycles. The standard InChI is InChI=1S/C31H22ClF3N2O4S2/c1-30(38,31(33,34)35)20-11-13-36-25(17-20)23-7-4-5-19-16-27(42-29(19)23)28(22-6-2-3-8-24(22)32)37-43(39,40)21-9-10-26-18(15-21)12-14-41-26/h2-17,28,37-38H,1H3/t28-,30+/m1/s1. The van der Waals surface area contributed by atoms with E-state index >= 15 is 0 Å². The number of fused-ring (bicyclic) bond motifs is 2. The van der Waals surface area contributed by atoms with Gasteiger partial charge in [0.05, 0.1) is 22.9 Å². The minimum atomic E-state index is -4.89. The van der Waals surface area contributed by atoms with Gasteiger partial charge in [-0.2, -0.15) is 17.9 Å². The number of aromatic nitrogens is 1. The third-order valence-electron chi connectivity index (χ3n) is 7.22. The summed E-state index contributed by atoms with van der Waals surface area (Å²) in [6.45, 7) is 0.695. The monoisotopic (exact) mass is 642 g/mol. The van der Waals surface area contributed by atoms with Crippen LogP contribution in [0.25, 0.3) is 32.3 Å². The maximum atomic E-state index is 13.7. The molecule has 2 N–H and O–H groups in total. The van der Waals surface area contributed by atoms with Crippen LogP contribution in [0.3, 0.4) is 0 Å². The lowest BCUT2D eigenvalue weighted by Gasteiger charge is -2.26. The summed E-state index contributed by atoms with van der Waals surface area (Å²) in [6, 6.07) is 21.6. The summed E-state index contributed by atoms with van der Waals surface area (Å²) in [5.74, 6) is 0. The highest BCUT2D eigenvalue weighted by molar-refractivity contribution is 7.89. The molecule has 0 aliphatic heterocycles. The number of pyridine rings is 1. The number of rotatable bonds is 7. The molecule has 6 rings (SSSR count). The molecule has 0 aliphatic rings. The van der Waals surface area contributed by atoms with Gasteiger partial charge in [-0.1, -0.05) is 48.0 Å². The average molecular weight is 643 g/mol. The van der Waals surface area contributed by atoms with Crippen molar-refractivity contribution in [2.75, 3.05) is 0 Å². The van der Waals surface area contributed by atoms with E-state index in [1.165, 1.54) is 42.0 Å². The number of alkyl halides is 3. The molecule has 3 aromatic carbocycles. The van der Waals surface area contributed by atoms with Crippen LogP contribution in [-0.4, -0.2) is 24.7 Å². The van der Waals surface area contributed by atoms with Gasteiger partial charge in [-0.05, 0) is 72.0 Å². The van der Waals surface area contributed by atoms with Crippen LogP contribution in [0.15, 0.2) is 107 Å². The molecule has 0 spiro atoms. The molecular weight excluding hydrogens is 621 g/mol. The van der Waals surface area contributed by atoms with Gasteiger partial charge < -0.3 is 9.52 Å². The summed E-state index contributed by atoms with van der Waals surface area (Å²) in [4.78, 5) is 4.93. The van der Waals surface area contributed by atoms with Crippen molar-refractivity contribution in [2.24, 2.45) is 0 Å². The number of thiophene rings is 1. The second-order valence-electron chi connectivity index (χ2n) is 10.1. The quantitative estimate of drug-likeness (QED) is 0.183. The number of benzene rings is 3. The zero-order chi connectivity index (χ0) is 30.6. The van der Waals surface area contributed by atoms with E-state index in [0.29, 0.717) is 43.6 Å². The Bertz CT molecular complexity index is 2090. The predicted molar refractivity (Wildman–Crippen MR) is 161 cm³/mol. The zero-order valence-corrected chi connectivity index (χ0v) is 24.7. The van der Waals surface area contributed by atoms with Crippen molar-refractivity contribution < 1.29 is 31.1 Å². The van der Waals surface area contributed by atoms with Gasteiger partial charge in [-0.25, -0.2) is 8.42 Å². The van der Waals surface area contributed by atoms with Gasteiger partial charge in [0.1, 0.15) is 5.58 Å². The van der Waals surface area contributed by atoms with Crippen LogP contribution in [-0.2, 0) is 15.6 Å². The summed E-state index contributed by atoms with van der Waals surface area (Å²) < 4.78 is 76.9. The van der Waals surface area contributed by atoms with E-state index < -0.39 is 27.8 Å². The first-order chi connectivity index (χ1) is 20.3. The fourth-order valence-corrected chi connectivity index (χ4v) is 7.59. The Hall–Kier alpha value is -3.74. The van der Waals surface area contributed by atoms with Crippen molar-refractivity contribution in [1.29, 1.82) is 0 Å². The molecule has 3 aromatic heterocycles. The maximum Gasteiger partial charge on any atom is 0.421 e. The van der Waals surface area contributed by atoms with Crippen molar-refractivity contribution in [2.45, 2.75) is 29.6 Å². The Kier molecular flexibility index (Phi) is 7.34. The molecule has 6 aromatic rings. The lowest BCUT2D eigenvalue weighted by molar-refractivity contribution is -0.258. The number of hydrogen-bond acceptors (Lipinski definition) is 6. The molecule has 2 atom stereocenters. The molecule has 12 heteroatoms. The third kappa shape index (κ3) is 5.43. The fraction of sp³-hybridized carbons (Fsp3) is 0.129. The van der Waals surface area contributed by atoms with Crippen molar-refractivity contribution in [1.82, 2.24) is 9.71 Å². The number of sulfonamides is 1. The first-order valence-corrected chi connectivity index (χ1v) is 15.6. The maximum absolute atomic E-state index is 13.7. The van der Waals surface area contributed by atoms with Gasteiger partial charge in [-0.3, -0.25) is 4.98 Å². The topological polar surface area (TPSA) is 92.4 Å². The summed E-state index contributed by atoms with van der Waals surface area (Å²) >= 11 is 7.83. The average Bonchev–Trinajstić information content (AvgIpc) is 3.62. The van der Waals surface area contributed by atoms with Gasteiger partial charge in [0.15, 0.2) is 5.60 Å². The largest absolute Gasteiger partial charge is 0.464 e. The summed E-state index contributed by atoms with van der Waals surface area (Å²) in [5, 5.41) is 12.0. The van der Waals surface area contributed by atoms with E-state index in [1.807, 2.05) is 12.1 Å². The van der Waals surface area contributed by atoms with E-state index in [9.17, 15) is 26.7 Å². The summed E-state index contributed by atoms with van der Waals surface area (Å²) in [5.41, 5.74) is -1.61. The second-order valence-corrected chi connectivity index (χ2v) is 13.3. The summed E-state index contributed by atoms with van der Waals surface area (Å²) in [6.07, 6.45) is -2.20.